The summed E-state index contributed by atoms with van der Waals surface area (Å²) in [4.78, 5) is 12.5. The second-order valence-corrected chi connectivity index (χ2v) is 23.8. The molecule has 1 aliphatic carbocycles. The van der Waals surface area contributed by atoms with Gasteiger partial charge >= 0.3 is 12.4 Å². The summed E-state index contributed by atoms with van der Waals surface area (Å²) >= 11 is 19.2. The largest absolute Gasteiger partial charge is 0.497 e. The van der Waals surface area contributed by atoms with Crippen LogP contribution in [0.3, 0.4) is 0 Å². The lowest BCUT2D eigenvalue weighted by atomic mass is 9.73. The number of aromatic nitrogens is 2. The summed E-state index contributed by atoms with van der Waals surface area (Å²) in [7, 11) is 1.66. The SMILES string of the molecule is C=C[C@H]1C[N@]2CC[C@H]1C[C@H]2[C@H](O)c1ccnc2ccc(OC)cc12.CCCCN(CCCC)CC(O)c1cc(Cl)cc2c1-c1ccc(Cl)cc1/C2=C/c1ccc(Cl)cc1.O[C@@H](c1cc(C(F)(F)F)nc2c(C(F)(F)F)cccc12)[C@H]1CCCCN1. The second kappa shape index (κ2) is 28.1. The lowest BCUT2D eigenvalue weighted by Crippen LogP contribution is -2.54. The van der Waals surface area contributed by atoms with Crippen molar-refractivity contribution >= 4 is 68.3 Å². The Morgan fingerprint density at radius 1 is 0.765 bits per heavy atom. The molecule has 12 rings (SSSR count). The van der Waals surface area contributed by atoms with Gasteiger partial charge in [0, 0.05) is 57.2 Å². The Labute approximate surface area is 508 Å². The Morgan fingerprint density at radius 2 is 1.49 bits per heavy atom. The Hall–Kier alpha value is -5.59. The topological polar surface area (TPSA) is 114 Å². The number of hydrogen-bond donors (Lipinski definition) is 4. The van der Waals surface area contributed by atoms with E-state index < -0.39 is 53.5 Å². The summed E-state index contributed by atoms with van der Waals surface area (Å²) in [5, 5.41) is 39.1. The molecule has 4 N–H and O–H groups in total. The van der Waals surface area contributed by atoms with Crippen LogP contribution in [0.25, 0.3) is 44.6 Å². The summed E-state index contributed by atoms with van der Waals surface area (Å²) in [6, 6.07) is 28.8. The van der Waals surface area contributed by atoms with E-state index in [9.17, 15) is 41.7 Å². The molecule has 85 heavy (non-hydrogen) atoms. The number of piperidine rings is 4. The predicted molar refractivity (Wildman–Crippen MR) is 329 cm³/mol. The van der Waals surface area contributed by atoms with Gasteiger partial charge in [0.1, 0.15) is 11.4 Å². The molecular weight excluding hydrogens is 1160 g/mol. The second-order valence-electron chi connectivity index (χ2n) is 22.5. The molecule has 1 unspecified atom stereocenters. The number of hydrogen-bond acceptors (Lipinski definition) is 9. The number of aliphatic hydroxyl groups excluding tert-OH is 3. The molecule has 2 aromatic heterocycles. The zero-order valence-electron chi connectivity index (χ0n) is 47.8. The van der Waals surface area contributed by atoms with Crippen molar-refractivity contribution in [3.8, 4) is 16.9 Å². The molecule has 0 saturated carbocycles. The van der Waals surface area contributed by atoms with Crippen LogP contribution in [0.1, 0.15) is 135 Å². The third-order valence-corrected chi connectivity index (χ3v) is 17.6. The van der Waals surface area contributed by atoms with Gasteiger partial charge in [0.25, 0.3) is 0 Å². The van der Waals surface area contributed by atoms with E-state index in [1.807, 2.05) is 72.8 Å². The number of para-hydroxylation sites is 1. The van der Waals surface area contributed by atoms with Crippen LogP contribution in [0.5, 0.6) is 5.75 Å². The first-order valence-corrected chi connectivity index (χ1v) is 30.3. The van der Waals surface area contributed by atoms with Crippen LogP contribution in [0.2, 0.25) is 15.1 Å². The molecule has 18 heteroatoms. The number of rotatable bonds is 16. The van der Waals surface area contributed by atoms with E-state index in [4.69, 9.17) is 39.5 Å². The first-order valence-electron chi connectivity index (χ1n) is 29.2. The monoisotopic (exact) mass is 1230 g/mol. The number of aliphatic hydroxyl groups is 3. The van der Waals surface area contributed by atoms with Gasteiger partial charge in [-0.05, 0) is 205 Å². The molecule has 8 atom stereocenters. The van der Waals surface area contributed by atoms with Crippen molar-refractivity contribution in [3.63, 3.8) is 0 Å². The molecule has 9 nitrogen and oxygen atoms in total. The minimum absolute atomic E-state index is 0.132. The van der Waals surface area contributed by atoms with E-state index in [2.05, 4.69) is 63.7 Å². The lowest BCUT2D eigenvalue weighted by Gasteiger charge is -2.50. The van der Waals surface area contributed by atoms with E-state index in [-0.39, 0.29) is 17.0 Å². The summed E-state index contributed by atoms with van der Waals surface area (Å²) in [5.74, 6) is 2.01. The van der Waals surface area contributed by atoms with Crippen molar-refractivity contribution in [1.82, 2.24) is 25.1 Å². The summed E-state index contributed by atoms with van der Waals surface area (Å²) < 4.78 is 84.6. The number of unbranched alkanes of at least 4 members (excludes halogenated alkanes) is 2. The molecule has 0 amide bonds. The predicted octanol–water partition coefficient (Wildman–Crippen LogP) is 16.8. The van der Waals surface area contributed by atoms with Crippen LogP contribution in [0, 0.1) is 11.8 Å². The zero-order chi connectivity index (χ0) is 60.7. The Bertz CT molecular complexity index is 3480. The maximum atomic E-state index is 13.2. The molecule has 7 aromatic rings. The average Bonchev–Trinajstić information content (AvgIpc) is 1.95. The van der Waals surface area contributed by atoms with E-state index in [1.54, 1.807) is 13.3 Å². The first kappa shape index (κ1) is 63.9. The van der Waals surface area contributed by atoms with Gasteiger partial charge in [-0.2, -0.15) is 26.3 Å². The number of pyridine rings is 2. The van der Waals surface area contributed by atoms with Gasteiger partial charge in [-0.3, -0.25) is 9.88 Å². The highest BCUT2D eigenvalue weighted by Crippen LogP contribution is 2.50. The van der Waals surface area contributed by atoms with Crippen molar-refractivity contribution < 1.29 is 46.4 Å². The molecule has 5 aromatic carbocycles. The molecule has 0 spiro atoms. The van der Waals surface area contributed by atoms with Crippen LogP contribution in [0.15, 0.2) is 122 Å². The molecule has 6 heterocycles. The van der Waals surface area contributed by atoms with E-state index in [0.717, 1.165) is 138 Å². The van der Waals surface area contributed by atoms with Crippen LogP contribution >= 0.6 is 34.8 Å². The maximum absolute atomic E-state index is 13.2. The highest BCUT2D eigenvalue weighted by molar-refractivity contribution is 6.32. The van der Waals surface area contributed by atoms with Crippen molar-refractivity contribution in [3.05, 3.63) is 182 Å². The minimum Gasteiger partial charge on any atom is -0.497 e. The van der Waals surface area contributed by atoms with Crippen molar-refractivity contribution in [2.24, 2.45) is 11.8 Å². The quantitative estimate of drug-likeness (QED) is 0.0555. The standard InChI is InChI=1S/C30H32Cl3NO.C20H24N2O2.C17H16F6N2O/c1-3-5-13-34(14-6-4-2)19-29(35)28-18-23(33)17-27-25(15-20-7-9-21(31)10-8-20)26-16-22(32)11-12-24(26)30(27)28;1-3-13-12-22-9-7-14(13)10-19(22)20(23)16-6-8-21-18-5-4-15(24-2)11-17(16)18;18-16(19,20)11-5-3-4-9-10(15(26)12-6-1-2-7-24-12)8-13(17(21,22)23)25-14(9)11/h7-12,15-18,29,35H,3-6,13-14,19H2,1-2H3;3-6,8,11,13-14,19-20,23H,1,7,9-10,12H2,2H3;3-5,8,12,15,24,26H,1-2,6-7H2/b25-15-;;/t;13-,14-,19-,20+;12-,15+/m.01/s1. The number of nitrogens with zero attached hydrogens (tertiary/aromatic N) is 4. The van der Waals surface area contributed by atoms with Crippen molar-refractivity contribution in [1.29, 1.82) is 0 Å². The van der Waals surface area contributed by atoms with Gasteiger partial charge < -0.3 is 30.3 Å². The molecular formula is C67H72Cl3F6N5O4. The van der Waals surface area contributed by atoms with E-state index in [1.165, 1.54) is 12.5 Å². The molecule has 0 radical (unpaired) electrons. The molecule has 5 aliphatic rings. The number of fused-ring (bicyclic) bond motifs is 8. The maximum Gasteiger partial charge on any atom is 0.433 e. The van der Waals surface area contributed by atoms with Gasteiger partial charge in [-0.1, -0.05) is 104 Å². The fourth-order valence-electron chi connectivity index (χ4n) is 12.5. The molecule has 452 valence electrons. The van der Waals surface area contributed by atoms with Crippen LogP contribution in [0.4, 0.5) is 26.3 Å². The fourth-order valence-corrected chi connectivity index (χ4v) is 13.0. The Kier molecular flexibility index (Phi) is 21.1. The lowest BCUT2D eigenvalue weighted by molar-refractivity contribution is -0.142. The molecule has 4 aliphatic heterocycles. The number of halogens is 9. The zero-order valence-corrected chi connectivity index (χ0v) is 50.1. The van der Waals surface area contributed by atoms with Gasteiger partial charge in [-0.15, -0.1) is 6.58 Å². The molecule has 4 fully saturated rings. The highest BCUT2D eigenvalue weighted by atomic mass is 35.5. The summed E-state index contributed by atoms with van der Waals surface area (Å²) in [5.41, 5.74) is 5.26. The summed E-state index contributed by atoms with van der Waals surface area (Å²) in [6.07, 6.45) is 2.64. The van der Waals surface area contributed by atoms with Gasteiger partial charge in [0.05, 0.1) is 42.0 Å². The molecule has 2 bridgehead atoms. The smallest absolute Gasteiger partial charge is 0.433 e. The van der Waals surface area contributed by atoms with Crippen LogP contribution in [-0.2, 0) is 12.4 Å². The minimum atomic E-state index is -4.93. The number of benzene rings is 5. The average molecular weight is 1230 g/mol. The van der Waals surface area contributed by atoms with Crippen LogP contribution in [-0.4, -0.2) is 93.5 Å². The summed E-state index contributed by atoms with van der Waals surface area (Å²) in [6.45, 7) is 13.6. The fraction of sp³-hybridized carbons (Fsp3) is 0.403. The third kappa shape index (κ3) is 14.9. The number of alkyl halides is 6. The number of nitrogens with one attached hydrogen (secondary N) is 1. The van der Waals surface area contributed by atoms with Gasteiger partial charge in [-0.25, -0.2) is 4.98 Å². The van der Waals surface area contributed by atoms with Crippen molar-refractivity contribution in [2.45, 2.75) is 114 Å². The van der Waals surface area contributed by atoms with Crippen molar-refractivity contribution in [2.75, 3.05) is 46.4 Å². The highest BCUT2D eigenvalue weighted by Gasteiger charge is 2.43. The van der Waals surface area contributed by atoms with Gasteiger partial charge in [0.2, 0.25) is 0 Å². The first-order chi connectivity index (χ1) is 40.7. The molecule has 4 saturated heterocycles. The van der Waals surface area contributed by atoms with Crippen LogP contribution < -0.4 is 10.1 Å². The third-order valence-electron chi connectivity index (χ3n) is 16.9. The number of ether oxygens (including phenoxy) is 1. The van der Waals surface area contributed by atoms with E-state index in [0.29, 0.717) is 58.5 Å². The van der Waals surface area contributed by atoms with Gasteiger partial charge in [0.15, 0.2) is 0 Å². The normalized spacial score (nSPS) is 20.7. The Balaban J connectivity index is 0.000000156. The van der Waals surface area contributed by atoms with E-state index >= 15 is 0 Å². The number of methoxy groups -OCH3 is 1. The Morgan fingerprint density at radius 3 is 2.14 bits per heavy atom.